The van der Waals surface area contributed by atoms with E-state index in [0.717, 1.165) is 5.82 Å². The van der Waals surface area contributed by atoms with Gasteiger partial charge in [-0.05, 0) is 12.8 Å². The van der Waals surface area contributed by atoms with Gasteiger partial charge in [0.2, 0.25) is 0 Å². The topological polar surface area (TPSA) is 30.7 Å². The third-order valence-corrected chi connectivity index (χ3v) is 2.88. The highest BCUT2D eigenvalue weighted by Crippen LogP contribution is 2.29. The predicted molar refractivity (Wildman–Crippen MR) is 56.2 cm³/mol. The normalized spacial score (nSPS) is 19.1. The second kappa shape index (κ2) is 3.37. The lowest BCUT2D eigenvalue weighted by atomic mass is 9.96. The van der Waals surface area contributed by atoms with Gasteiger partial charge in [0.25, 0.3) is 0 Å². The smallest absolute Gasteiger partial charge is 0.155 e. The molecule has 1 aliphatic carbocycles. The lowest BCUT2D eigenvalue weighted by Gasteiger charge is -2.13. The molecule has 0 bridgehead atoms. The Bertz CT molecular complexity index is 303. The average Bonchev–Trinajstić information content (AvgIpc) is 2.73. The third kappa shape index (κ3) is 1.81. The largest absolute Gasteiger partial charge is 0.250 e. The molecular weight excluding hydrogens is 174 g/mol. The molecular formula is C11H19N3. The molecule has 3 nitrogen and oxygen atoms in total. The van der Waals surface area contributed by atoms with E-state index in [1.165, 1.54) is 25.7 Å². The molecule has 78 valence electrons. The summed E-state index contributed by atoms with van der Waals surface area (Å²) in [6.45, 7) is 6.46. The monoisotopic (exact) mass is 193 g/mol. The van der Waals surface area contributed by atoms with Crippen molar-refractivity contribution >= 4 is 0 Å². The summed E-state index contributed by atoms with van der Waals surface area (Å²) >= 11 is 0. The van der Waals surface area contributed by atoms with Crippen LogP contribution in [-0.2, 0) is 5.41 Å². The van der Waals surface area contributed by atoms with Gasteiger partial charge in [-0.25, -0.2) is 9.67 Å². The van der Waals surface area contributed by atoms with Crippen LogP contribution in [0.1, 0.15) is 58.3 Å². The number of hydrogen-bond acceptors (Lipinski definition) is 2. The molecule has 0 spiro atoms. The molecule has 0 radical (unpaired) electrons. The molecule has 2 rings (SSSR count). The van der Waals surface area contributed by atoms with Crippen LogP contribution >= 0.6 is 0 Å². The fourth-order valence-corrected chi connectivity index (χ4v) is 1.96. The Morgan fingerprint density at radius 1 is 1.29 bits per heavy atom. The van der Waals surface area contributed by atoms with Crippen molar-refractivity contribution in [2.75, 3.05) is 0 Å². The zero-order valence-electron chi connectivity index (χ0n) is 9.32. The van der Waals surface area contributed by atoms with Crippen LogP contribution in [0.25, 0.3) is 0 Å². The van der Waals surface area contributed by atoms with E-state index in [2.05, 4.69) is 35.5 Å². The number of aromatic nitrogens is 3. The molecule has 0 atom stereocenters. The number of nitrogens with zero attached hydrogens (tertiary/aromatic N) is 3. The first-order valence-electron chi connectivity index (χ1n) is 5.49. The van der Waals surface area contributed by atoms with Crippen molar-refractivity contribution in [3.05, 3.63) is 12.2 Å². The summed E-state index contributed by atoms with van der Waals surface area (Å²) in [5, 5.41) is 4.57. The minimum atomic E-state index is 0.0733. The van der Waals surface area contributed by atoms with Gasteiger partial charge in [0.15, 0.2) is 5.82 Å². The number of hydrogen-bond donors (Lipinski definition) is 0. The second-order valence-corrected chi connectivity index (χ2v) is 5.24. The van der Waals surface area contributed by atoms with Gasteiger partial charge < -0.3 is 0 Å². The minimum Gasteiger partial charge on any atom is -0.250 e. The van der Waals surface area contributed by atoms with E-state index in [1.807, 2.05) is 6.33 Å². The predicted octanol–water partition coefficient (Wildman–Crippen LogP) is 2.69. The van der Waals surface area contributed by atoms with Crippen molar-refractivity contribution in [3.8, 4) is 0 Å². The lowest BCUT2D eigenvalue weighted by molar-refractivity contribution is 0.448. The van der Waals surface area contributed by atoms with E-state index in [1.54, 1.807) is 0 Å². The minimum absolute atomic E-state index is 0.0733. The summed E-state index contributed by atoms with van der Waals surface area (Å²) in [5.41, 5.74) is 0.0733. The first kappa shape index (κ1) is 9.69. The summed E-state index contributed by atoms with van der Waals surface area (Å²) in [7, 11) is 0. The molecule has 3 heteroatoms. The fraction of sp³-hybridized carbons (Fsp3) is 0.818. The highest BCUT2D eigenvalue weighted by atomic mass is 15.3. The molecule has 0 aliphatic heterocycles. The van der Waals surface area contributed by atoms with E-state index in [-0.39, 0.29) is 5.41 Å². The molecule has 0 saturated heterocycles. The van der Waals surface area contributed by atoms with Crippen LogP contribution in [0, 0.1) is 0 Å². The lowest BCUT2D eigenvalue weighted by Crippen LogP contribution is -2.15. The number of rotatable bonds is 1. The Morgan fingerprint density at radius 2 is 1.93 bits per heavy atom. The quantitative estimate of drug-likeness (QED) is 0.686. The Hall–Kier alpha value is -0.860. The fourth-order valence-electron chi connectivity index (χ4n) is 1.96. The summed E-state index contributed by atoms with van der Waals surface area (Å²) < 4.78 is 2.06. The summed E-state index contributed by atoms with van der Waals surface area (Å²) in [4.78, 5) is 4.38. The summed E-state index contributed by atoms with van der Waals surface area (Å²) in [5.74, 6) is 0.962. The van der Waals surface area contributed by atoms with E-state index < -0.39 is 0 Å². The molecule has 1 aliphatic rings. The zero-order valence-corrected chi connectivity index (χ0v) is 9.32. The molecule has 1 heterocycles. The first-order chi connectivity index (χ1) is 6.57. The maximum atomic E-state index is 4.57. The van der Waals surface area contributed by atoms with Gasteiger partial charge in [-0.2, -0.15) is 5.10 Å². The SMILES string of the molecule is CC(C)(C)c1ncn(C2CCCC2)n1. The van der Waals surface area contributed by atoms with Crippen LogP contribution in [0.5, 0.6) is 0 Å². The highest BCUT2D eigenvalue weighted by Gasteiger charge is 2.22. The molecule has 0 N–H and O–H groups in total. The van der Waals surface area contributed by atoms with Crippen LogP contribution in [-0.4, -0.2) is 14.8 Å². The highest BCUT2D eigenvalue weighted by molar-refractivity contribution is 4.99. The second-order valence-electron chi connectivity index (χ2n) is 5.24. The van der Waals surface area contributed by atoms with Crippen LogP contribution in [0.15, 0.2) is 6.33 Å². The third-order valence-electron chi connectivity index (χ3n) is 2.88. The van der Waals surface area contributed by atoms with Gasteiger partial charge in [-0.15, -0.1) is 0 Å². The standard InChI is InChI=1S/C11H19N3/c1-11(2,3)10-12-8-14(13-10)9-6-4-5-7-9/h8-9H,4-7H2,1-3H3. The Labute approximate surface area is 85.5 Å². The van der Waals surface area contributed by atoms with E-state index >= 15 is 0 Å². The van der Waals surface area contributed by atoms with Gasteiger partial charge in [0.05, 0.1) is 6.04 Å². The van der Waals surface area contributed by atoms with Crippen molar-refractivity contribution in [3.63, 3.8) is 0 Å². The summed E-state index contributed by atoms with van der Waals surface area (Å²) in [6.07, 6.45) is 7.13. The Morgan fingerprint density at radius 3 is 2.43 bits per heavy atom. The van der Waals surface area contributed by atoms with Crippen molar-refractivity contribution in [2.24, 2.45) is 0 Å². The van der Waals surface area contributed by atoms with Gasteiger partial charge in [-0.1, -0.05) is 33.6 Å². The van der Waals surface area contributed by atoms with Gasteiger partial charge in [-0.3, -0.25) is 0 Å². The molecule has 0 amide bonds. The van der Waals surface area contributed by atoms with Gasteiger partial charge >= 0.3 is 0 Å². The van der Waals surface area contributed by atoms with E-state index in [9.17, 15) is 0 Å². The summed E-state index contributed by atoms with van der Waals surface area (Å²) in [6, 6.07) is 0.610. The van der Waals surface area contributed by atoms with E-state index in [4.69, 9.17) is 0 Å². The molecule has 1 saturated carbocycles. The van der Waals surface area contributed by atoms with Gasteiger partial charge in [0.1, 0.15) is 6.33 Å². The molecule has 14 heavy (non-hydrogen) atoms. The van der Waals surface area contributed by atoms with Crippen LogP contribution in [0.3, 0.4) is 0 Å². The van der Waals surface area contributed by atoms with Crippen molar-refractivity contribution in [2.45, 2.75) is 57.9 Å². The van der Waals surface area contributed by atoms with Crippen LogP contribution in [0.2, 0.25) is 0 Å². The molecule has 1 aromatic heterocycles. The van der Waals surface area contributed by atoms with Crippen molar-refractivity contribution < 1.29 is 0 Å². The molecule has 1 fully saturated rings. The molecule has 1 aromatic rings. The van der Waals surface area contributed by atoms with Crippen LogP contribution < -0.4 is 0 Å². The Kier molecular flexibility index (Phi) is 2.33. The van der Waals surface area contributed by atoms with Crippen molar-refractivity contribution in [1.29, 1.82) is 0 Å². The Balaban J connectivity index is 2.17. The maximum Gasteiger partial charge on any atom is 0.155 e. The van der Waals surface area contributed by atoms with E-state index in [0.29, 0.717) is 6.04 Å². The average molecular weight is 193 g/mol. The van der Waals surface area contributed by atoms with Gasteiger partial charge in [0, 0.05) is 5.41 Å². The van der Waals surface area contributed by atoms with Crippen molar-refractivity contribution in [1.82, 2.24) is 14.8 Å². The van der Waals surface area contributed by atoms with Crippen LogP contribution in [0.4, 0.5) is 0 Å². The molecule has 0 aromatic carbocycles. The zero-order chi connectivity index (χ0) is 10.2. The maximum absolute atomic E-state index is 4.57. The first-order valence-corrected chi connectivity index (χ1v) is 5.49. The molecule has 0 unspecified atom stereocenters.